The molecule has 0 radical (unpaired) electrons. The first-order chi connectivity index (χ1) is 9.06. The van der Waals surface area contributed by atoms with Gasteiger partial charge in [-0.25, -0.2) is 4.39 Å². The molecular formula is C15H14BrFOS. The Bertz CT molecular complexity index is 572. The predicted octanol–water partition coefficient (Wildman–Crippen LogP) is 4.93. The van der Waals surface area contributed by atoms with Crippen LogP contribution in [0, 0.1) is 5.82 Å². The van der Waals surface area contributed by atoms with E-state index >= 15 is 0 Å². The van der Waals surface area contributed by atoms with Gasteiger partial charge in [0.25, 0.3) is 0 Å². The van der Waals surface area contributed by atoms with Crippen LogP contribution in [0.3, 0.4) is 0 Å². The number of halogens is 2. The molecule has 100 valence electrons. The number of thioether (sulfide) groups is 1. The van der Waals surface area contributed by atoms with Gasteiger partial charge in [-0.05, 0) is 48.4 Å². The highest BCUT2D eigenvalue weighted by Crippen LogP contribution is 2.27. The van der Waals surface area contributed by atoms with E-state index in [0.717, 1.165) is 14.9 Å². The first kappa shape index (κ1) is 14.6. The highest BCUT2D eigenvalue weighted by atomic mass is 79.9. The van der Waals surface area contributed by atoms with Gasteiger partial charge in [-0.1, -0.05) is 28.1 Å². The normalized spacial score (nSPS) is 12.4. The summed E-state index contributed by atoms with van der Waals surface area (Å²) in [6.45, 7) is 1.73. The largest absolute Gasteiger partial charge is 0.389 e. The van der Waals surface area contributed by atoms with Crippen LogP contribution in [0.15, 0.2) is 51.8 Å². The average Bonchev–Trinajstić information content (AvgIpc) is 2.40. The molecule has 0 saturated carbocycles. The van der Waals surface area contributed by atoms with Crippen molar-refractivity contribution in [2.75, 3.05) is 0 Å². The summed E-state index contributed by atoms with van der Waals surface area (Å²) in [5.74, 6) is 0.372. The molecule has 2 aromatic rings. The molecule has 0 aliphatic carbocycles. The highest BCUT2D eigenvalue weighted by molar-refractivity contribution is 9.10. The minimum absolute atomic E-state index is 0.192. The van der Waals surface area contributed by atoms with Gasteiger partial charge in [-0.15, -0.1) is 11.8 Å². The molecule has 0 aliphatic rings. The lowest BCUT2D eigenvalue weighted by Crippen LogP contribution is -1.91. The van der Waals surface area contributed by atoms with Crippen molar-refractivity contribution in [2.45, 2.75) is 23.7 Å². The average molecular weight is 341 g/mol. The van der Waals surface area contributed by atoms with E-state index in [1.54, 1.807) is 30.8 Å². The minimum Gasteiger partial charge on any atom is -0.389 e. The van der Waals surface area contributed by atoms with Crippen molar-refractivity contribution in [3.8, 4) is 0 Å². The van der Waals surface area contributed by atoms with Crippen LogP contribution < -0.4 is 0 Å². The standard InChI is InChI=1S/C15H14BrFOS/c1-10(18)11-3-2-4-14(8-11)19-9-12-7-13(16)5-6-15(12)17/h2-8,10,18H,9H2,1H3. The summed E-state index contributed by atoms with van der Waals surface area (Å²) in [7, 11) is 0. The fourth-order valence-electron chi connectivity index (χ4n) is 1.68. The molecule has 0 amide bonds. The number of rotatable bonds is 4. The van der Waals surface area contributed by atoms with E-state index < -0.39 is 6.10 Å². The molecule has 1 N–H and O–H groups in total. The molecule has 0 fully saturated rings. The predicted molar refractivity (Wildman–Crippen MR) is 80.7 cm³/mol. The molecule has 2 aromatic carbocycles. The Morgan fingerprint density at radius 3 is 2.79 bits per heavy atom. The third-order valence-electron chi connectivity index (χ3n) is 2.74. The van der Waals surface area contributed by atoms with Crippen LogP contribution in [0.2, 0.25) is 0 Å². The maximum absolute atomic E-state index is 13.6. The smallest absolute Gasteiger partial charge is 0.127 e. The maximum atomic E-state index is 13.6. The van der Waals surface area contributed by atoms with Crippen molar-refractivity contribution >= 4 is 27.7 Å². The van der Waals surface area contributed by atoms with Gasteiger partial charge < -0.3 is 5.11 Å². The summed E-state index contributed by atoms with van der Waals surface area (Å²) < 4.78 is 14.5. The fraction of sp³-hybridized carbons (Fsp3) is 0.200. The van der Waals surface area contributed by atoms with E-state index in [4.69, 9.17) is 0 Å². The van der Waals surface area contributed by atoms with Crippen molar-refractivity contribution in [2.24, 2.45) is 0 Å². The summed E-state index contributed by atoms with van der Waals surface area (Å²) in [5, 5.41) is 9.54. The van der Waals surface area contributed by atoms with Crippen molar-refractivity contribution in [1.82, 2.24) is 0 Å². The lowest BCUT2D eigenvalue weighted by Gasteiger charge is -2.08. The molecule has 1 unspecified atom stereocenters. The van der Waals surface area contributed by atoms with E-state index in [-0.39, 0.29) is 5.82 Å². The number of hydrogen-bond acceptors (Lipinski definition) is 2. The van der Waals surface area contributed by atoms with Gasteiger partial charge in [0.2, 0.25) is 0 Å². The van der Waals surface area contributed by atoms with E-state index in [0.29, 0.717) is 11.3 Å². The van der Waals surface area contributed by atoms with Crippen LogP contribution in [0.1, 0.15) is 24.2 Å². The molecule has 0 bridgehead atoms. The van der Waals surface area contributed by atoms with Crippen molar-refractivity contribution < 1.29 is 9.50 Å². The SMILES string of the molecule is CC(O)c1cccc(SCc2cc(Br)ccc2F)c1. The maximum Gasteiger partial charge on any atom is 0.127 e. The van der Waals surface area contributed by atoms with Crippen LogP contribution >= 0.6 is 27.7 Å². The lowest BCUT2D eigenvalue weighted by atomic mass is 10.1. The third kappa shape index (κ3) is 4.06. The number of hydrogen-bond donors (Lipinski definition) is 1. The zero-order chi connectivity index (χ0) is 13.8. The third-order valence-corrected chi connectivity index (χ3v) is 4.28. The lowest BCUT2D eigenvalue weighted by molar-refractivity contribution is 0.199. The quantitative estimate of drug-likeness (QED) is 0.796. The Balaban J connectivity index is 2.10. The van der Waals surface area contributed by atoms with Crippen LogP contribution in [0.25, 0.3) is 0 Å². The molecule has 0 heterocycles. The zero-order valence-corrected chi connectivity index (χ0v) is 12.8. The summed E-state index contributed by atoms with van der Waals surface area (Å²) in [5.41, 5.74) is 1.54. The minimum atomic E-state index is -0.483. The first-order valence-corrected chi connectivity index (χ1v) is 7.69. The number of benzene rings is 2. The molecular weight excluding hydrogens is 327 g/mol. The number of aliphatic hydroxyl groups is 1. The molecule has 2 rings (SSSR count). The van der Waals surface area contributed by atoms with Crippen molar-refractivity contribution in [3.63, 3.8) is 0 Å². The summed E-state index contributed by atoms with van der Waals surface area (Å²) in [4.78, 5) is 1.03. The fourth-order valence-corrected chi connectivity index (χ4v) is 3.03. The zero-order valence-electron chi connectivity index (χ0n) is 10.4. The number of aliphatic hydroxyl groups excluding tert-OH is 1. The summed E-state index contributed by atoms with van der Waals surface area (Å²) in [6, 6.07) is 12.6. The molecule has 0 saturated heterocycles. The van der Waals surface area contributed by atoms with Crippen LogP contribution in [-0.4, -0.2) is 5.11 Å². The first-order valence-electron chi connectivity index (χ1n) is 5.91. The van der Waals surface area contributed by atoms with Crippen molar-refractivity contribution in [1.29, 1.82) is 0 Å². The van der Waals surface area contributed by atoms with Crippen LogP contribution in [0.4, 0.5) is 4.39 Å². The second kappa shape index (κ2) is 6.55. The Kier molecular flexibility index (Phi) is 5.02. The Labute approximate surface area is 125 Å². The molecule has 0 aromatic heterocycles. The van der Waals surface area contributed by atoms with E-state index in [2.05, 4.69) is 15.9 Å². The highest BCUT2D eigenvalue weighted by Gasteiger charge is 2.06. The summed E-state index contributed by atoms with van der Waals surface area (Å²) in [6.07, 6.45) is -0.483. The van der Waals surface area contributed by atoms with Gasteiger partial charge in [-0.2, -0.15) is 0 Å². The Morgan fingerprint density at radius 2 is 2.05 bits per heavy atom. The second-order valence-electron chi connectivity index (χ2n) is 4.27. The van der Waals surface area contributed by atoms with Gasteiger partial charge in [0, 0.05) is 15.1 Å². The molecule has 0 aliphatic heterocycles. The molecule has 1 atom stereocenters. The van der Waals surface area contributed by atoms with Crippen LogP contribution in [0.5, 0.6) is 0 Å². The van der Waals surface area contributed by atoms with E-state index in [1.165, 1.54) is 6.07 Å². The van der Waals surface area contributed by atoms with Crippen molar-refractivity contribution in [3.05, 3.63) is 63.9 Å². The molecule has 19 heavy (non-hydrogen) atoms. The molecule has 1 nitrogen and oxygen atoms in total. The van der Waals surface area contributed by atoms with Gasteiger partial charge in [0.1, 0.15) is 5.82 Å². The van der Waals surface area contributed by atoms with Gasteiger partial charge >= 0.3 is 0 Å². The Morgan fingerprint density at radius 1 is 1.26 bits per heavy atom. The van der Waals surface area contributed by atoms with Gasteiger partial charge in [0.05, 0.1) is 6.10 Å². The topological polar surface area (TPSA) is 20.2 Å². The summed E-state index contributed by atoms with van der Waals surface area (Å²) >= 11 is 4.90. The second-order valence-corrected chi connectivity index (χ2v) is 6.24. The van der Waals surface area contributed by atoms with E-state index in [9.17, 15) is 9.50 Å². The van der Waals surface area contributed by atoms with Crippen LogP contribution in [-0.2, 0) is 5.75 Å². The van der Waals surface area contributed by atoms with Gasteiger partial charge in [-0.3, -0.25) is 0 Å². The Hall–Kier alpha value is -0.840. The molecule has 0 spiro atoms. The molecule has 4 heteroatoms. The monoisotopic (exact) mass is 340 g/mol. The van der Waals surface area contributed by atoms with E-state index in [1.807, 2.05) is 24.3 Å². The van der Waals surface area contributed by atoms with Gasteiger partial charge in [0.15, 0.2) is 0 Å².